The molecule has 2 aromatic rings. The summed E-state index contributed by atoms with van der Waals surface area (Å²) in [7, 11) is 0. The number of aryl methyl sites for hydroxylation is 1. The first-order chi connectivity index (χ1) is 14.0. The average Bonchev–Trinajstić information content (AvgIpc) is 2.74. The number of nitrogens with one attached hydrogen (secondary N) is 1. The number of Topliss-reactive ketones (excluding diaryl/α,β-unsaturated/α-hetero) is 1. The molecular formula is C21H21ClFN3O3. The Hall–Kier alpha value is -2.67. The Morgan fingerprint density at radius 2 is 2.03 bits per heavy atom. The molecule has 4 rings (SSSR count). The summed E-state index contributed by atoms with van der Waals surface area (Å²) in [5, 5.41) is 3.15. The zero-order valence-corrected chi connectivity index (χ0v) is 16.5. The highest BCUT2D eigenvalue weighted by molar-refractivity contribution is 6.30. The smallest absolute Gasteiger partial charge is 0.321 e. The zero-order valence-electron chi connectivity index (χ0n) is 15.8. The number of nitrogens with zero attached hydrogens (tertiary/aromatic N) is 2. The van der Waals surface area contributed by atoms with Gasteiger partial charge in [-0.2, -0.15) is 0 Å². The van der Waals surface area contributed by atoms with Gasteiger partial charge in [-0.25, -0.2) is 9.18 Å². The normalized spacial score (nSPS) is 16.7. The number of halogens is 2. The average molecular weight is 418 g/mol. The summed E-state index contributed by atoms with van der Waals surface area (Å²) in [5.74, 6) is -0.525. The lowest BCUT2D eigenvalue weighted by atomic mass is 9.89. The predicted octanol–water partition coefficient (Wildman–Crippen LogP) is 4.33. The van der Waals surface area contributed by atoms with Crippen molar-refractivity contribution in [1.82, 2.24) is 9.88 Å². The number of piperidine rings is 1. The molecule has 152 valence electrons. The Bertz CT molecular complexity index is 945. The van der Waals surface area contributed by atoms with Gasteiger partial charge in [-0.3, -0.25) is 9.78 Å². The first-order valence-corrected chi connectivity index (χ1v) is 10.1. The lowest BCUT2D eigenvalue weighted by Gasteiger charge is -2.31. The SMILES string of the molecule is O=C(c1ccc(Cl)cc1F)C1CCN(C(=O)Nc2ccnc3c2OCCC3)CC1. The number of ketones is 1. The van der Waals surface area contributed by atoms with Gasteiger partial charge in [0, 0.05) is 30.2 Å². The summed E-state index contributed by atoms with van der Waals surface area (Å²) in [6.07, 6.45) is 4.37. The van der Waals surface area contributed by atoms with Gasteiger partial charge in [0.25, 0.3) is 0 Å². The molecule has 2 aliphatic heterocycles. The molecule has 1 fully saturated rings. The van der Waals surface area contributed by atoms with Crippen LogP contribution >= 0.6 is 11.6 Å². The number of rotatable bonds is 3. The van der Waals surface area contributed by atoms with Gasteiger partial charge < -0.3 is 15.0 Å². The lowest BCUT2D eigenvalue weighted by Crippen LogP contribution is -2.42. The summed E-state index contributed by atoms with van der Waals surface area (Å²) in [6, 6.07) is 5.57. The van der Waals surface area contributed by atoms with Gasteiger partial charge in [0.1, 0.15) is 5.82 Å². The molecule has 2 amide bonds. The van der Waals surface area contributed by atoms with Crippen molar-refractivity contribution in [2.75, 3.05) is 25.0 Å². The number of ether oxygens (including phenoxy) is 1. The predicted molar refractivity (Wildman–Crippen MR) is 107 cm³/mol. The fourth-order valence-electron chi connectivity index (χ4n) is 3.79. The quantitative estimate of drug-likeness (QED) is 0.755. The van der Waals surface area contributed by atoms with Gasteiger partial charge in [-0.15, -0.1) is 0 Å². The highest BCUT2D eigenvalue weighted by Crippen LogP contribution is 2.32. The van der Waals surface area contributed by atoms with Crippen LogP contribution in [0.4, 0.5) is 14.9 Å². The van der Waals surface area contributed by atoms with Crippen LogP contribution in [0.5, 0.6) is 5.75 Å². The number of amides is 2. The molecule has 0 atom stereocenters. The van der Waals surface area contributed by atoms with Crippen LogP contribution in [0.3, 0.4) is 0 Å². The van der Waals surface area contributed by atoms with Crippen LogP contribution in [-0.2, 0) is 6.42 Å². The minimum atomic E-state index is -0.606. The molecule has 3 heterocycles. The number of anilines is 1. The van der Waals surface area contributed by atoms with Crippen LogP contribution in [0, 0.1) is 11.7 Å². The maximum absolute atomic E-state index is 14.0. The first kappa shape index (κ1) is 19.6. The summed E-state index contributed by atoms with van der Waals surface area (Å²) in [5.41, 5.74) is 1.52. The van der Waals surface area contributed by atoms with Gasteiger partial charge in [0.2, 0.25) is 0 Å². The van der Waals surface area contributed by atoms with Gasteiger partial charge in [-0.1, -0.05) is 11.6 Å². The van der Waals surface area contributed by atoms with E-state index < -0.39 is 5.82 Å². The van der Waals surface area contributed by atoms with Gasteiger partial charge >= 0.3 is 6.03 Å². The third-order valence-electron chi connectivity index (χ3n) is 5.37. The molecule has 1 aromatic heterocycles. The third-order valence-corrected chi connectivity index (χ3v) is 5.61. The number of carbonyl (C=O) groups excluding carboxylic acids is 2. The Labute approximate surface area is 173 Å². The van der Waals surface area contributed by atoms with Crippen molar-refractivity contribution in [1.29, 1.82) is 0 Å². The van der Waals surface area contributed by atoms with Crippen molar-refractivity contribution >= 4 is 29.1 Å². The lowest BCUT2D eigenvalue weighted by molar-refractivity contribution is 0.0855. The van der Waals surface area contributed by atoms with Crippen LogP contribution in [0.1, 0.15) is 35.3 Å². The molecule has 0 radical (unpaired) electrons. The second-order valence-electron chi connectivity index (χ2n) is 7.27. The molecule has 0 aliphatic carbocycles. The first-order valence-electron chi connectivity index (χ1n) is 9.69. The van der Waals surface area contributed by atoms with Crippen molar-refractivity contribution < 1.29 is 18.7 Å². The molecule has 2 aliphatic rings. The topological polar surface area (TPSA) is 71.5 Å². The molecule has 6 nitrogen and oxygen atoms in total. The number of hydrogen-bond acceptors (Lipinski definition) is 4. The largest absolute Gasteiger partial charge is 0.489 e. The van der Waals surface area contributed by atoms with Gasteiger partial charge in [-0.05, 0) is 49.9 Å². The van der Waals surface area contributed by atoms with Crippen LogP contribution in [0.15, 0.2) is 30.5 Å². The molecule has 0 spiro atoms. The molecule has 0 unspecified atom stereocenters. The standard InChI is InChI=1S/C21H21ClFN3O3/c22-14-3-4-15(16(23)12-14)19(27)13-6-9-26(10-7-13)21(28)25-18-5-8-24-17-2-1-11-29-20(17)18/h3-5,8,12-13H,1-2,6-7,9-11H2,(H,24,25,28). The maximum atomic E-state index is 14.0. The van der Waals surface area contributed by atoms with E-state index in [1.165, 1.54) is 12.1 Å². The number of hydrogen-bond donors (Lipinski definition) is 1. The molecular weight excluding hydrogens is 397 g/mol. The number of benzene rings is 1. The Kier molecular flexibility index (Phi) is 5.67. The van der Waals surface area contributed by atoms with Crippen LogP contribution < -0.4 is 10.1 Å². The van der Waals surface area contributed by atoms with E-state index in [2.05, 4.69) is 10.3 Å². The van der Waals surface area contributed by atoms with Crippen molar-refractivity contribution in [3.05, 3.63) is 52.6 Å². The van der Waals surface area contributed by atoms with Crippen LogP contribution in [0.25, 0.3) is 0 Å². The summed E-state index contributed by atoms with van der Waals surface area (Å²) in [4.78, 5) is 31.3. The van der Waals surface area contributed by atoms with E-state index in [0.717, 1.165) is 24.6 Å². The summed E-state index contributed by atoms with van der Waals surface area (Å²) in [6.45, 7) is 1.45. The van der Waals surface area contributed by atoms with E-state index in [1.807, 2.05) is 0 Å². The number of fused-ring (bicyclic) bond motifs is 1. The molecule has 0 saturated carbocycles. The van der Waals surface area contributed by atoms with E-state index in [-0.39, 0.29) is 28.3 Å². The van der Waals surface area contributed by atoms with Crippen LogP contribution in [-0.4, -0.2) is 41.4 Å². The van der Waals surface area contributed by atoms with Gasteiger partial charge in [0.05, 0.1) is 23.6 Å². The van der Waals surface area contributed by atoms with Crippen LogP contribution in [0.2, 0.25) is 5.02 Å². The Balaban J connectivity index is 1.37. The van der Waals surface area contributed by atoms with Gasteiger partial charge in [0.15, 0.2) is 11.5 Å². The monoisotopic (exact) mass is 417 g/mol. The number of carbonyl (C=O) groups is 2. The number of aromatic nitrogens is 1. The fraction of sp³-hybridized carbons (Fsp3) is 0.381. The van der Waals surface area contributed by atoms with E-state index in [9.17, 15) is 14.0 Å². The second-order valence-corrected chi connectivity index (χ2v) is 7.70. The van der Waals surface area contributed by atoms with E-state index in [0.29, 0.717) is 44.0 Å². The highest BCUT2D eigenvalue weighted by atomic mass is 35.5. The van der Waals surface area contributed by atoms with Crippen molar-refractivity contribution in [3.8, 4) is 5.75 Å². The molecule has 1 aromatic carbocycles. The minimum absolute atomic E-state index is 0.0536. The van der Waals surface area contributed by atoms with Crippen molar-refractivity contribution in [3.63, 3.8) is 0 Å². The summed E-state index contributed by atoms with van der Waals surface area (Å²) >= 11 is 5.76. The molecule has 1 N–H and O–H groups in total. The molecule has 8 heteroatoms. The van der Waals surface area contributed by atoms with Crippen molar-refractivity contribution in [2.45, 2.75) is 25.7 Å². The zero-order chi connectivity index (χ0) is 20.4. The highest BCUT2D eigenvalue weighted by Gasteiger charge is 2.30. The summed E-state index contributed by atoms with van der Waals surface area (Å²) < 4.78 is 19.7. The Morgan fingerprint density at radius 1 is 1.24 bits per heavy atom. The molecule has 0 bridgehead atoms. The number of pyridine rings is 1. The molecule has 29 heavy (non-hydrogen) atoms. The van der Waals surface area contributed by atoms with E-state index >= 15 is 0 Å². The third kappa shape index (κ3) is 4.19. The maximum Gasteiger partial charge on any atom is 0.321 e. The second kappa shape index (κ2) is 8.37. The Morgan fingerprint density at radius 3 is 2.79 bits per heavy atom. The van der Waals surface area contributed by atoms with Crippen molar-refractivity contribution in [2.24, 2.45) is 5.92 Å². The number of likely N-dealkylation sites (tertiary alicyclic amines) is 1. The van der Waals surface area contributed by atoms with E-state index in [1.54, 1.807) is 17.2 Å². The molecule has 1 saturated heterocycles. The fourth-order valence-corrected chi connectivity index (χ4v) is 3.95. The minimum Gasteiger partial charge on any atom is -0.489 e. The van der Waals surface area contributed by atoms with E-state index in [4.69, 9.17) is 16.3 Å². The number of urea groups is 1.